The van der Waals surface area contributed by atoms with Crippen LogP contribution in [-0.2, 0) is 29.1 Å². The molecule has 2 aromatic carbocycles. The number of carbonyl (C=O) groups excluding carboxylic acids is 2. The van der Waals surface area contributed by atoms with E-state index in [-0.39, 0.29) is 18.2 Å². The predicted octanol–water partition coefficient (Wildman–Crippen LogP) is 4.04. The smallest absolute Gasteiger partial charge is 0.228 e. The van der Waals surface area contributed by atoms with E-state index in [1.165, 1.54) is 11.3 Å². The number of hydrogen-bond donors (Lipinski definition) is 1. The van der Waals surface area contributed by atoms with E-state index < -0.39 is 0 Å². The van der Waals surface area contributed by atoms with Gasteiger partial charge in [-0.3, -0.25) is 19.2 Å². The highest BCUT2D eigenvalue weighted by Crippen LogP contribution is 2.26. The van der Waals surface area contributed by atoms with Gasteiger partial charge in [0.2, 0.25) is 11.8 Å². The van der Waals surface area contributed by atoms with Gasteiger partial charge in [-0.15, -0.1) is 11.3 Å². The van der Waals surface area contributed by atoms with E-state index in [1.54, 1.807) is 4.90 Å². The van der Waals surface area contributed by atoms with Gasteiger partial charge in [0.15, 0.2) is 5.13 Å². The number of hydrogen-bond acceptors (Lipinski definition) is 5. The molecule has 8 heteroatoms. The third-order valence-electron chi connectivity index (χ3n) is 5.73. The summed E-state index contributed by atoms with van der Waals surface area (Å²) in [6, 6.07) is 20.2. The summed E-state index contributed by atoms with van der Waals surface area (Å²) in [6.07, 6.45) is 3.60. The predicted molar refractivity (Wildman–Crippen MR) is 132 cm³/mol. The highest BCUT2D eigenvalue weighted by Gasteiger charge is 2.24. The number of nitrogens with zero attached hydrogens (tertiary/aromatic N) is 4. The van der Waals surface area contributed by atoms with E-state index in [4.69, 9.17) is 5.10 Å². The van der Waals surface area contributed by atoms with Crippen molar-refractivity contribution < 1.29 is 9.59 Å². The van der Waals surface area contributed by atoms with E-state index in [9.17, 15) is 9.59 Å². The Bertz CT molecular complexity index is 1280. The van der Waals surface area contributed by atoms with Gasteiger partial charge in [-0.05, 0) is 12.0 Å². The number of carbonyl (C=O) groups is 2. The first kappa shape index (κ1) is 22.0. The zero-order chi connectivity index (χ0) is 23.3. The van der Waals surface area contributed by atoms with Crippen LogP contribution in [0.25, 0.3) is 11.3 Å². The van der Waals surface area contributed by atoms with Crippen molar-refractivity contribution in [3.63, 3.8) is 0 Å². The Morgan fingerprint density at radius 3 is 2.56 bits per heavy atom. The molecule has 3 heterocycles. The molecule has 172 valence electrons. The van der Waals surface area contributed by atoms with Crippen LogP contribution < -0.4 is 10.2 Å². The molecule has 1 aliphatic heterocycles. The number of anilines is 1. The van der Waals surface area contributed by atoms with Gasteiger partial charge in [0.25, 0.3) is 0 Å². The second-order valence-corrected chi connectivity index (χ2v) is 9.11. The Kier molecular flexibility index (Phi) is 6.49. The van der Waals surface area contributed by atoms with Gasteiger partial charge >= 0.3 is 0 Å². The van der Waals surface area contributed by atoms with Crippen molar-refractivity contribution in [2.24, 2.45) is 0 Å². The number of amides is 2. The lowest BCUT2D eigenvalue weighted by Crippen LogP contribution is -2.25. The quantitative estimate of drug-likeness (QED) is 0.421. The van der Waals surface area contributed by atoms with Gasteiger partial charge in [-0.25, -0.2) is 4.98 Å². The maximum atomic E-state index is 12.7. The van der Waals surface area contributed by atoms with Gasteiger partial charge in [-0.2, -0.15) is 5.10 Å². The van der Waals surface area contributed by atoms with Crippen LogP contribution in [0, 0.1) is 0 Å². The lowest BCUT2D eigenvalue weighted by molar-refractivity contribution is -0.120. The molecule has 1 aliphatic rings. The summed E-state index contributed by atoms with van der Waals surface area (Å²) in [5, 5.41) is 10.4. The molecular formula is C26H25N5O2S. The molecule has 4 aromatic rings. The van der Waals surface area contributed by atoms with E-state index in [1.807, 2.05) is 64.8 Å². The Labute approximate surface area is 202 Å². The van der Waals surface area contributed by atoms with Crippen LogP contribution in [0.4, 0.5) is 5.13 Å². The largest absolute Gasteiger partial charge is 0.352 e. The van der Waals surface area contributed by atoms with Gasteiger partial charge in [0.1, 0.15) is 0 Å². The molecule has 0 atom stereocenters. The molecule has 5 rings (SSSR count). The zero-order valence-corrected chi connectivity index (χ0v) is 19.5. The van der Waals surface area contributed by atoms with Gasteiger partial charge in [-0.1, -0.05) is 60.7 Å². The van der Waals surface area contributed by atoms with Crippen molar-refractivity contribution in [3.8, 4) is 11.3 Å². The molecule has 0 saturated carbocycles. The first-order valence-electron chi connectivity index (χ1n) is 11.3. The number of rotatable bonds is 8. The molecule has 0 unspecified atom stereocenters. The molecule has 1 saturated heterocycles. The fourth-order valence-corrected chi connectivity index (χ4v) is 4.92. The highest BCUT2D eigenvalue weighted by molar-refractivity contribution is 7.14. The molecule has 34 heavy (non-hydrogen) atoms. The molecule has 1 N–H and O–H groups in total. The monoisotopic (exact) mass is 471 g/mol. The summed E-state index contributed by atoms with van der Waals surface area (Å²) in [5.74, 6) is -0.00859. The van der Waals surface area contributed by atoms with Gasteiger partial charge < -0.3 is 5.32 Å². The SMILES string of the molecule is O=C(Cc1csc(N2CCCC2=O)n1)NCc1cn(Cc2ccccc2)nc1-c1ccccc1. The fraction of sp³-hybridized carbons (Fsp3) is 0.231. The molecule has 0 spiro atoms. The zero-order valence-electron chi connectivity index (χ0n) is 18.7. The van der Waals surface area contributed by atoms with Crippen LogP contribution >= 0.6 is 11.3 Å². The Morgan fingerprint density at radius 2 is 1.82 bits per heavy atom. The minimum absolute atomic E-state index is 0.103. The Morgan fingerprint density at radius 1 is 1.06 bits per heavy atom. The summed E-state index contributed by atoms with van der Waals surface area (Å²) in [4.78, 5) is 30.8. The van der Waals surface area contributed by atoms with Crippen LogP contribution in [0.5, 0.6) is 0 Å². The summed E-state index contributed by atoms with van der Waals surface area (Å²) in [7, 11) is 0. The molecule has 0 radical (unpaired) electrons. The van der Waals surface area contributed by atoms with Crippen molar-refractivity contribution in [1.29, 1.82) is 0 Å². The van der Waals surface area contributed by atoms with Gasteiger partial charge in [0.05, 0.1) is 24.4 Å². The topological polar surface area (TPSA) is 80.1 Å². The summed E-state index contributed by atoms with van der Waals surface area (Å²) in [6.45, 7) is 1.73. The molecular weight excluding hydrogens is 446 g/mol. The average molecular weight is 472 g/mol. The lowest BCUT2D eigenvalue weighted by Gasteiger charge is -2.10. The Hall–Kier alpha value is -3.78. The molecule has 7 nitrogen and oxygen atoms in total. The highest BCUT2D eigenvalue weighted by atomic mass is 32.1. The Balaban J connectivity index is 1.27. The summed E-state index contributed by atoms with van der Waals surface area (Å²) < 4.78 is 1.92. The molecule has 1 fully saturated rings. The van der Waals surface area contributed by atoms with Crippen LogP contribution in [-0.4, -0.2) is 33.1 Å². The average Bonchev–Trinajstić information content (AvgIpc) is 3.59. The minimum atomic E-state index is -0.112. The molecule has 0 bridgehead atoms. The molecule has 0 aliphatic carbocycles. The number of benzene rings is 2. The van der Waals surface area contributed by atoms with E-state index in [2.05, 4.69) is 22.4 Å². The lowest BCUT2D eigenvalue weighted by atomic mass is 10.1. The maximum Gasteiger partial charge on any atom is 0.228 e. The van der Waals surface area contributed by atoms with Crippen molar-refractivity contribution in [2.45, 2.75) is 32.4 Å². The number of aromatic nitrogens is 3. The molecule has 2 amide bonds. The molecule has 2 aromatic heterocycles. The van der Waals surface area contributed by atoms with Crippen molar-refractivity contribution in [1.82, 2.24) is 20.1 Å². The van der Waals surface area contributed by atoms with Crippen molar-refractivity contribution in [3.05, 3.63) is 89.1 Å². The van der Waals surface area contributed by atoms with Crippen LogP contribution in [0.3, 0.4) is 0 Å². The van der Waals surface area contributed by atoms with E-state index >= 15 is 0 Å². The van der Waals surface area contributed by atoms with Crippen molar-refractivity contribution in [2.75, 3.05) is 11.4 Å². The minimum Gasteiger partial charge on any atom is -0.352 e. The normalized spacial score (nSPS) is 13.4. The van der Waals surface area contributed by atoms with E-state index in [0.717, 1.165) is 28.8 Å². The van der Waals surface area contributed by atoms with Crippen molar-refractivity contribution >= 4 is 28.3 Å². The van der Waals surface area contributed by atoms with E-state index in [0.29, 0.717) is 36.9 Å². The second kappa shape index (κ2) is 10.0. The van der Waals surface area contributed by atoms with Crippen LogP contribution in [0.15, 0.2) is 72.2 Å². The van der Waals surface area contributed by atoms with Crippen LogP contribution in [0.2, 0.25) is 0 Å². The third kappa shape index (κ3) is 5.07. The fourth-order valence-electron chi connectivity index (χ4n) is 4.06. The number of thiazole rings is 1. The summed E-state index contributed by atoms with van der Waals surface area (Å²) in [5.41, 5.74) is 4.67. The number of nitrogens with one attached hydrogen (secondary N) is 1. The third-order valence-corrected chi connectivity index (χ3v) is 6.65. The maximum absolute atomic E-state index is 12.7. The standard InChI is InChI=1S/C26H25N5O2S/c32-23(14-22-18-34-26(28-22)31-13-7-12-24(31)33)27-15-21-17-30(16-19-8-3-1-4-9-19)29-25(21)20-10-5-2-6-11-20/h1-6,8-11,17-18H,7,12-16H2,(H,27,32). The summed E-state index contributed by atoms with van der Waals surface area (Å²) >= 11 is 1.41. The first-order valence-corrected chi connectivity index (χ1v) is 12.2. The first-order chi connectivity index (χ1) is 16.7. The van der Waals surface area contributed by atoms with Gasteiger partial charge in [0, 0.05) is 42.2 Å². The van der Waals surface area contributed by atoms with Crippen LogP contribution in [0.1, 0.15) is 29.7 Å². The second-order valence-electron chi connectivity index (χ2n) is 8.28.